The lowest BCUT2D eigenvalue weighted by Crippen LogP contribution is -2.29. The summed E-state index contributed by atoms with van der Waals surface area (Å²) in [4.78, 5) is 39.1. The zero-order valence-corrected chi connectivity index (χ0v) is 18.1. The van der Waals surface area contributed by atoms with Crippen molar-refractivity contribution in [1.29, 1.82) is 0 Å². The molecule has 1 atom stereocenters. The van der Waals surface area contributed by atoms with Crippen molar-refractivity contribution < 1.29 is 23.9 Å². The molecule has 0 radical (unpaired) electrons. The number of nitrogens with zero attached hydrogens (tertiary/aromatic N) is 1. The lowest BCUT2D eigenvalue weighted by molar-refractivity contribution is -0.151. The molecule has 31 heavy (non-hydrogen) atoms. The van der Waals surface area contributed by atoms with Gasteiger partial charge in [0.25, 0.3) is 5.91 Å². The first-order chi connectivity index (χ1) is 15.0. The van der Waals surface area contributed by atoms with Gasteiger partial charge in [-0.2, -0.15) is 0 Å². The number of hydrogen-bond donors (Lipinski definition) is 1. The Kier molecular flexibility index (Phi) is 7.28. The van der Waals surface area contributed by atoms with Crippen LogP contribution in [0.25, 0.3) is 0 Å². The number of carbonyl (C=O) groups is 3. The smallest absolute Gasteiger partial charge is 0.311 e. The van der Waals surface area contributed by atoms with Crippen molar-refractivity contribution >= 4 is 29.2 Å². The Labute approximate surface area is 182 Å². The molecule has 164 valence electrons. The van der Waals surface area contributed by atoms with E-state index in [0.29, 0.717) is 11.4 Å². The number of para-hydroxylation sites is 1. The number of nitrogens with one attached hydrogen (secondary N) is 1. The maximum Gasteiger partial charge on any atom is 0.311 e. The fourth-order valence-electron chi connectivity index (χ4n) is 3.80. The molecular formula is C24H28N2O5. The lowest BCUT2D eigenvalue weighted by Gasteiger charge is -2.23. The highest BCUT2D eigenvalue weighted by molar-refractivity contribution is 6.01. The summed E-state index contributed by atoms with van der Waals surface area (Å²) in [5, 5.41) is 2.66. The maximum absolute atomic E-state index is 12.7. The van der Waals surface area contributed by atoms with E-state index in [0.717, 1.165) is 29.7 Å². The average Bonchev–Trinajstić information content (AvgIpc) is 3.18. The predicted molar refractivity (Wildman–Crippen MR) is 118 cm³/mol. The van der Waals surface area contributed by atoms with E-state index < -0.39 is 24.4 Å². The molecule has 0 aromatic heterocycles. The van der Waals surface area contributed by atoms with E-state index in [1.54, 1.807) is 29.2 Å². The third-order valence-corrected chi connectivity index (χ3v) is 5.39. The summed E-state index contributed by atoms with van der Waals surface area (Å²) in [7, 11) is 1.54. The summed E-state index contributed by atoms with van der Waals surface area (Å²) in [6.45, 7) is 3.95. The molecule has 1 saturated heterocycles. The molecule has 1 heterocycles. The molecule has 2 amide bonds. The first-order valence-electron chi connectivity index (χ1n) is 10.5. The topological polar surface area (TPSA) is 84.9 Å². The third kappa shape index (κ3) is 5.23. The van der Waals surface area contributed by atoms with Crippen LogP contribution >= 0.6 is 0 Å². The number of hydrogen-bond acceptors (Lipinski definition) is 5. The predicted octanol–water partition coefficient (Wildman–Crippen LogP) is 3.35. The summed E-state index contributed by atoms with van der Waals surface area (Å²) in [5.41, 5.74) is 3.62. The minimum absolute atomic E-state index is 0.0809. The van der Waals surface area contributed by atoms with Gasteiger partial charge in [-0.3, -0.25) is 14.4 Å². The number of methoxy groups -OCH3 is 1. The van der Waals surface area contributed by atoms with E-state index in [1.807, 2.05) is 32.0 Å². The molecule has 0 unspecified atom stereocenters. The van der Waals surface area contributed by atoms with Crippen LogP contribution in [0.15, 0.2) is 42.5 Å². The SMILES string of the molecule is CCc1cccc(CC)c1N1C[C@H](C(=O)OCC(=O)Nc2cccc(OC)c2)CC1=O. The number of carbonyl (C=O) groups excluding carboxylic acids is 3. The Balaban J connectivity index is 1.60. The number of amides is 2. The van der Waals surface area contributed by atoms with Gasteiger partial charge in [-0.15, -0.1) is 0 Å². The van der Waals surface area contributed by atoms with Crippen LogP contribution in [0.4, 0.5) is 11.4 Å². The Bertz CT molecular complexity index is 950. The molecule has 1 aliphatic rings. The second kappa shape index (κ2) is 10.1. The van der Waals surface area contributed by atoms with Crippen LogP contribution in [0.3, 0.4) is 0 Å². The Morgan fingerprint density at radius 2 is 1.77 bits per heavy atom. The van der Waals surface area contributed by atoms with Crippen LogP contribution in [-0.4, -0.2) is 38.0 Å². The van der Waals surface area contributed by atoms with Crippen molar-refractivity contribution in [2.75, 3.05) is 30.5 Å². The minimum Gasteiger partial charge on any atom is -0.497 e. The van der Waals surface area contributed by atoms with Gasteiger partial charge in [-0.05, 0) is 36.1 Å². The molecule has 1 fully saturated rings. The monoisotopic (exact) mass is 424 g/mol. The number of ether oxygens (including phenoxy) is 2. The number of benzene rings is 2. The molecule has 0 aliphatic carbocycles. The molecule has 2 aromatic rings. The summed E-state index contributed by atoms with van der Waals surface area (Å²) in [6, 6.07) is 12.9. The van der Waals surface area contributed by atoms with E-state index in [2.05, 4.69) is 5.32 Å². The zero-order valence-electron chi connectivity index (χ0n) is 18.1. The van der Waals surface area contributed by atoms with Crippen molar-refractivity contribution in [3.05, 3.63) is 53.6 Å². The van der Waals surface area contributed by atoms with Gasteiger partial charge in [-0.25, -0.2) is 0 Å². The van der Waals surface area contributed by atoms with Gasteiger partial charge in [0.05, 0.1) is 13.0 Å². The fourth-order valence-corrected chi connectivity index (χ4v) is 3.80. The molecule has 0 spiro atoms. The number of anilines is 2. The van der Waals surface area contributed by atoms with Gasteiger partial charge in [0.15, 0.2) is 6.61 Å². The van der Waals surface area contributed by atoms with Gasteiger partial charge in [0.1, 0.15) is 5.75 Å². The highest BCUT2D eigenvalue weighted by Crippen LogP contribution is 2.32. The molecule has 1 N–H and O–H groups in total. The Morgan fingerprint density at radius 3 is 2.42 bits per heavy atom. The summed E-state index contributed by atoms with van der Waals surface area (Å²) in [5.74, 6) is -1.07. The zero-order chi connectivity index (χ0) is 22.4. The van der Waals surface area contributed by atoms with Crippen molar-refractivity contribution in [2.24, 2.45) is 5.92 Å². The largest absolute Gasteiger partial charge is 0.497 e. The Hall–Kier alpha value is -3.35. The molecule has 2 aromatic carbocycles. The highest BCUT2D eigenvalue weighted by atomic mass is 16.5. The van der Waals surface area contributed by atoms with E-state index >= 15 is 0 Å². The van der Waals surface area contributed by atoms with E-state index in [4.69, 9.17) is 9.47 Å². The first-order valence-corrected chi connectivity index (χ1v) is 10.5. The standard InChI is InChI=1S/C24H28N2O5/c1-4-16-8-6-9-17(5-2)23(16)26-14-18(12-22(26)28)24(29)31-15-21(27)25-19-10-7-11-20(13-19)30-3/h6-11,13,18H,4-5,12,14-15H2,1-3H3,(H,25,27)/t18-/m1/s1. The molecule has 7 nitrogen and oxygen atoms in total. The van der Waals surface area contributed by atoms with Gasteiger partial charge in [0.2, 0.25) is 5.91 Å². The van der Waals surface area contributed by atoms with Crippen LogP contribution in [0, 0.1) is 5.92 Å². The number of aryl methyl sites for hydroxylation is 2. The molecular weight excluding hydrogens is 396 g/mol. The molecule has 0 bridgehead atoms. The molecule has 7 heteroatoms. The van der Waals surface area contributed by atoms with E-state index in [-0.39, 0.29) is 18.9 Å². The van der Waals surface area contributed by atoms with Crippen LogP contribution in [0.2, 0.25) is 0 Å². The summed E-state index contributed by atoms with van der Waals surface area (Å²) >= 11 is 0. The quantitative estimate of drug-likeness (QED) is 0.657. The summed E-state index contributed by atoms with van der Waals surface area (Å²) < 4.78 is 10.3. The molecule has 3 rings (SSSR count). The summed E-state index contributed by atoms with van der Waals surface area (Å²) in [6.07, 6.45) is 1.68. The molecule has 1 aliphatic heterocycles. The second-order valence-corrected chi connectivity index (χ2v) is 7.43. The van der Waals surface area contributed by atoms with Crippen molar-refractivity contribution in [2.45, 2.75) is 33.1 Å². The van der Waals surface area contributed by atoms with Gasteiger partial charge >= 0.3 is 5.97 Å². The van der Waals surface area contributed by atoms with Gasteiger partial charge in [0, 0.05) is 30.4 Å². The first kappa shape index (κ1) is 22.3. The van der Waals surface area contributed by atoms with Crippen molar-refractivity contribution in [3.8, 4) is 5.75 Å². The van der Waals surface area contributed by atoms with Crippen LogP contribution in [0.5, 0.6) is 5.75 Å². The van der Waals surface area contributed by atoms with Crippen LogP contribution in [0.1, 0.15) is 31.4 Å². The fraction of sp³-hybridized carbons (Fsp3) is 0.375. The van der Waals surface area contributed by atoms with Gasteiger partial charge in [-0.1, -0.05) is 38.1 Å². The van der Waals surface area contributed by atoms with Crippen LogP contribution < -0.4 is 15.0 Å². The maximum atomic E-state index is 12.7. The molecule has 0 saturated carbocycles. The number of esters is 1. The van der Waals surface area contributed by atoms with Crippen molar-refractivity contribution in [3.63, 3.8) is 0 Å². The second-order valence-electron chi connectivity index (χ2n) is 7.43. The van der Waals surface area contributed by atoms with Crippen LogP contribution in [-0.2, 0) is 32.0 Å². The Morgan fingerprint density at radius 1 is 1.10 bits per heavy atom. The number of rotatable bonds is 8. The van der Waals surface area contributed by atoms with Gasteiger partial charge < -0.3 is 19.7 Å². The van der Waals surface area contributed by atoms with Crippen molar-refractivity contribution in [1.82, 2.24) is 0 Å². The van der Waals surface area contributed by atoms with E-state index in [9.17, 15) is 14.4 Å². The minimum atomic E-state index is -0.591. The van der Waals surface area contributed by atoms with E-state index in [1.165, 1.54) is 7.11 Å². The lowest BCUT2D eigenvalue weighted by atomic mass is 10.0. The third-order valence-electron chi connectivity index (χ3n) is 5.39. The highest BCUT2D eigenvalue weighted by Gasteiger charge is 2.37. The normalized spacial score (nSPS) is 15.6. The average molecular weight is 424 g/mol.